The normalized spacial score (nSPS) is 10.7. The molecule has 1 aromatic carbocycles. The molecule has 7 heteroatoms. The minimum Gasteiger partial charge on any atom is -0.455 e. The molecule has 6 nitrogen and oxygen atoms in total. The number of hydrogen-bond acceptors (Lipinski definition) is 6. The number of oxazole rings is 1. The second-order valence-corrected chi connectivity index (χ2v) is 6.17. The van der Waals surface area contributed by atoms with Gasteiger partial charge in [0.05, 0.1) is 16.8 Å². The van der Waals surface area contributed by atoms with Crippen molar-refractivity contribution in [2.45, 2.75) is 6.61 Å². The lowest BCUT2D eigenvalue weighted by molar-refractivity contribution is 0.0469. The summed E-state index contributed by atoms with van der Waals surface area (Å²) < 4.78 is 10.8. The van der Waals surface area contributed by atoms with E-state index in [1.54, 1.807) is 0 Å². The van der Waals surface area contributed by atoms with Crippen molar-refractivity contribution in [3.63, 3.8) is 0 Å². The predicted octanol–water partition coefficient (Wildman–Crippen LogP) is 4.15. The second kappa shape index (κ2) is 6.74. The van der Waals surface area contributed by atoms with E-state index in [4.69, 9.17) is 9.15 Å². The van der Waals surface area contributed by atoms with Crippen molar-refractivity contribution in [1.82, 2.24) is 15.2 Å². The van der Waals surface area contributed by atoms with Gasteiger partial charge in [0.15, 0.2) is 0 Å². The summed E-state index contributed by atoms with van der Waals surface area (Å²) >= 11 is 1.53. The molecule has 0 bridgehead atoms. The highest BCUT2D eigenvalue weighted by molar-refractivity contribution is 7.13. The van der Waals surface area contributed by atoms with E-state index >= 15 is 0 Å². The number of aromatic nitrogens is 3. The Morgan fingerprint density at radius 3 is 2.88 bits per heavy atom. The Labute approximate surface area is 147 Å². The maximum atomic E-state index is 12.4. The molecule has 0 radical (unpaired) electrons. The molecule has 0 aliphatic carbocycles. The molecular formula is C18H13N3O3S. The van der Waals surface area contributed by atoms with Gasteiger partial charge in [0.1, 0.15) is 24.1 Å². The zero-order valence-corrected chi connectivity index (χ0v) is 13.8. The van der Waals surface area contributed by atoms with Gasteiger partial charge in [-0.15, -0.1) is 11.3 Å². The lowest BCUT2D eigenvalue weighted by Crippen LogP contribution is -2.06. The van der Waals surface area contributed by atoms with E-state index in [-0.39, 0.29) is 6.61 Å². The molecule has 0 atom stereocenters. The third-order valence-electron chi connectivity index (χ3n) is 3.56. The van der Waals surface area contributed by atoms with E-state index in [0.29, 0.717) is 22.8 Å². The van der Waals surface area contributed by atoms with Crippen LogP contribution in [0.3, 0.4) is 0 Å². The van der Waals surface area contributed by atoms with E-state index in [2.05, 4.69) is 15.2 Å². The monoisotopic (exact) mass is 351 g/mol. The van der Waals surface area contributed by atoms with E-state index in [0.717, 1.165) is 10.4 Å². The Bertz CT molecular complexity index is 974. The summed E-state index contributed by atoms with van der Waals surface area (Å²) in [4.78, 5) is 17.6. The van der Waals surface area contributed by atoms with Crippen LogP contribution in [0, 0.1) is 0 Å². The first kappa shape index (κ1) is 15.3. The highest BCUT2D eigenvalue weighted by Crippen LogP contribution is 2.24. The van der Waals surface area contributed by atoms with Crippen LogP contribution in [-0.2, 0) is 11.3 Å². The maximum absolute atomic E-state index is 12.4. The topological polar surface area (TPSA) is 81.0 Å². The van der Waals surface area contributed by atoms with E-state index < -0.39 is 5.97 Å². The number of esters is 1. The summed E-state index contributed by atoms with van der Waals surface area (Å²) in [5.41, 5.74) is 2.44. The van der Waals surface area contributed by atoms with Crippen LogP contribution in [0.1, 0.15) is 16.1 Å². The average Bonchev–Trinajstić information content (AvgIpc) is 3.41. The first-order chi connectivity index (χ1) is 12.3. The fourth-order valence-electron chi connectivity index (χ4n) is 2.37. The molecule has 25 heavy (non-hydrogen) atoms. The Morgan fingerprint density at radius 2 is 2.08 bits per heavy atom. The highest BCUT2D eigenvalue weighted by atomic mass is 32.1. The van der Waals surface area contributed by atoms with Crippen molar-refractivity contribution in [2.24, 2.45) is 0 Å². The van der Waals surface area contributed by atoms with Crippen LogP contribution < -0.4 is 0 Å². The van der Waals surface area contributed by atoms with Crippen LogP contribution in [0.5, 0.6) is 0 Å². The largest absolute Gasteiger partial charge is 0.455 e. The van der Waals surface area contributed by atoms with Gasteiger partial charge in [0.2, 0.25) is 5.89 Å². The van der Waals surface area contributed by atoms with Crippen molar-refractivity contribution in [3.8, 4) is 22.0 Å². The van der Waals surface area contributed by atoms with E-state index in [1.807, 2.05) is 47.8 Å². The fraction of sp³-hybridized carbons (Fsp3) is 0.0556. The number of carbonyl (C=O) groups excluding carboxylic acids is 1. The number of rotatable bonds is 5. The Balaban J connectivity index is 1.46. The lowest BCUT2D eigenvalue weighted by atomic mass is 10.1. The molecule has 124 valence electrons. The van der Waals surface area contributed by atoms with E-state index in [9.17, 15) is 4.79 Å². The molecule has 0 amide bonds. The molecule has 0 saturated carbocycles. The van der Waals surface area contributed by atoms with Crippen LogP contribution >= 0.6 is 11.3 Å². The van der Waals surface area contributed by atoms with Gasteiger partial charge in [-0.25, -0.2) is 9.78 Å². The zero-order valence-electron chi connectivity index (χ0n) is 13.0. The van der Waals surface area contributed by atoms with Crippen LogP contribution in [-0.4, -0.2) is 21.2 Å². The van der Waals surface area contributed by atoms with Crippen molar-refractivity contribution >= 4 is 17.3 Å². The number of nitrogens with one attached hydrogen (secondary N) is 1. The van der Waals surface area contributed by atoms with Gasteiger partial charge < -0.3 is 9.15 Å². The second-order valence-electron chi connectivity index (χ2n) is 5.22. The molecule has 4 aromatic rings. The van der Waals surface area contributed by atoms with Crippen molar-refractivity contribution in [1.29, 1.82) is 0 Å². The molecule has 4 rings (SSSR count). The summed E-state index contributed by atoms with van der Waals surface area (Å²) in [5.74, 6) is 0.0580. The van der Waals surface area contributed by atoms with Gasteiger partial charge in [0.25, 0.3) is 0 Å². The van der Waals surface area contributed by atoms with Gasteiger partial charge in [-0.05, 0) is 11.4 Å². The first-order valence-corrected chi connectivity index (χ1v) is 8.43. The quantitative estimate of drug-likeness (QED) is 0.546. The number of nitrogens with zero attached hydrogens (tertiary/aromatic N) is 2. The summed E-state index contributed by atoms with van der Waals surface area (Å²) in [5, 5.41) is 8.74. The summed E-state index contributed by atoms with van der Waals surface area (Å²) in [6.45, 7) is 0.0348. The molecule has 0 saturated heterocycles. The predicted molar refractivity (Wildman–Crippen MR) is 93.0 cm³/mol. The molecule has 1 N–H and O–H groups in total. The number of carbonyl (C=O) groups is 1. The van der Waals surface area contributed by atoms with Gasteiger partial charge in [-0.1, -0.05) is 36.4 Å². The van der Waals surface area contributed by atoms with Gasteiger partial charge in [0, 0.05) is 5.56 Å². The van der Waals surface area contributed by atoms with Crippen LogP contribution in [0.2, 0.25) is 0 Å². The first-order valence-electron chi connectivity index (χ1n) is 7.55. The number of thiophene rings is 1. The van der Waals surface area contributed by atoms with Crippen LogP contribution in [0.15, 0.2) is 64.7 Å². The molecule has 0 spiro atoms. The number of aromatic amines is 1. The number of benzene rings is 1. The third-order valence-corrected chi connectivity index (χ3v) is 4.41. The summed E-state index contributed by atoms with van der Waals surface area (Å²) in [6.07, 6.45) is 2.96. The number of ether oxygens (including phenoxy) is 1. The molecule has 3 aromatic heterocycles. The zero-order chi connectivity index (χ0) is 17.1. The molecule has 0 fully saturated rings. The number of H-pyrrole nitrogens is 1. The lowest BCUT2D eigenvalue weighted by Gasteiger charge is -2.03. The van der Waals surface area contributed by atoms with Gasteiger partial charge in [-0.3, -0.25) is 5.10 Å². The molecule has 0 aliphatic heterocycles. The third kappa shape index (κ3) is 3.22. The van der Waals surface area contributed by atoms with Gasteiger partial charge in [-0.2, -0.15) is 5.10 Å². The average molecular weight is 351 g/mol. The minimum atomic E-state index is -0.465. The Kier molecular flexibility index (Phi) is 4.14. The van der Waals surface area contributed by atoms with Crippen LogP contribution in [0.4, 0.5) is 0 Å². The number of hydrogen-bond donors (Lipinski definition) is 1. The molecule has 3 heterocycles. The smallest absolute Gasteiger partial charge is 0.342 e. The highest BCUT2D eigenvalue weighted by Gasteiger charge is 2.17. The Morgan fingerprint density at radius 1 is 1.20 bits per heavy atom. The standard InChI is InChI=1S/C18H13N3O3S/c22-18(14-9-19-21-16(14)12-5-2-1-3-6-12)24-11-13-10-23-17(20-13)15-7-4-8-25-15/h1-10H,11H2,(H,19,21). The molecular weight excluding hydrogens is 338 g/mol. The SMILES string of the molecule is O=C(OCc1coc(-c2cccs2)n1)c1cn[nH]c1-c1ccccc1. The van der Waals surface area contributed by atoms with Crippen molar-refractivity contribution in [3.05, 3.63) is 71.6 Å². The van der Waals surface area contributed by atoms with Crippen molar-refractivity contribution < 1.29 is 13.9 Å². The molecule has 0 unspecified atom stereocenters. The van der Waals surface area contributed by atoms with Crippen molar-refractivity contribution in [2.75, 3.05) is 0 Å². The maximum Gasteiger partial charge on any atom is 0.342 e. The van der Waals surface area contributed by atoms with Gasteiger partial charge >= 0.3 is 5.97 Å². The fourth-order valence-corrected chi connectivity index (χ4v) is 3.03. The minimum absolute atomic E-state index is 0.0348. The van der Waals surface area contributed by atoms with E-state index in [1.165, 1.54) is 23.8 Å². The van der Waals surface area contributed by atoms with Crippen LogP contribution in [0.25, 0.3) is 22.0 Å². The summed E-state index contributed by atoms with van der Waals surface area (Å²) in [6, 6.07) is 13.3. The summed E-state index contributed by atoms with van der Waals surface area (Å²) in [7, 11) is 0. The molecule has 0 aliphatic rings. The Hall–Kier alpha value is -3.19.